The van der Waals surface area contributed by atoms with E-state index in [1.54, 1.807) is 11.8 Å². The number of rotatable bonds is 7. The van der Waals surface area contributed by atoms with Crippen LogP contribution in [0.3, 0.4) is 0 Å². The van der Waals surface area contributed by atoms with Crippen molar-refractivity contribution in [3.8, 4) is 0 Å². The van der Waals surface area contributed by atoms with Crippen molar-refractivity contribution in [1.29, 1.82) is 0 Å². The topological polar surface area (TPSA) is 23.5 Å². The van der Waals surface area contributed by atoms with E-state index in [-0.39, 0.29) is 0 Å². The van der Waals surface area contributed by atoms with Crippen LogP contribution in [-0.2, 0) is 0 Å². The molecule has 0 rings (SSSR count). The molecule has 4 heteroatoms. The van der Waals surface area contributed by atoms with Crippen LogP contribution in [0.15, 0.2) is 0 Å². The van der Waals surface area contributed by atoms with Crippen molar-refractivity contribution >= 4 is 0 Å². The summed E-state index contributed by atoms with van der Waals surface area (Å²) < 4.78 is 24.9. The average Bonchev–Trinajstić information content (AvgIpc) is 2.03. The molecule has 86 valence electrons. The molecule has 0 saturated carbocycles. The monoisotopic (exact) mass is 209 g/mol. The minimum Gasteiger partial charge on any atom is -0.392 e. The van der Waals surface area contributed by atoms with Gasteiger partial charge in [0.15, 0.2) is 0 Å². The van der Waals surface area contributed by atoms with E-state index in [0.717, 1.165) is 0 Å². The molecule has 0 aromatic rings. The van der Waals surface area contributed by atoms with Gasteiger partial charge in [-0.2, -0.15) is 0 Å². The molecule has 0 aliphatic heterocycles. The second kappa shape index (κ2) is 7.12. The molecule has 0 fully saturated rings. The summed E-state index contributed by atoms with van der Waals surface area (Å²) in [6, 6.07) is -0.702. The highest BCUT2D eigenvalue weighted by atomic mass is 19.1. The summed E-state index contributed by atoms with van der Waals surface area (Å²) in [4.78, 5) is 1.68. The van der Waals surface area contributed by atoms with Crippen LogP contribution in [0.1, 0.15) is 20.8 Å². The van der Waals surface area contributed by atoms with E-state index in [1.807, 2.05) is 13.8 Å². The van der Waals surface area contributed by atoms with Gasteiger partial charge in [0.1, 0.15) is 13.3 Å². The quantitative estimate of drug-likeness (QED) is 0.689. The first-order chi connectivity index (χ1) is 6.51. The molecule has 1 atom stereocenters. The fourth-order valence-electron chi connectivity index (χ4n) is 1.42. The molecule has 0 bridgehead atoms. The lowest BCUT2D eigenvalue weighted by Crippen LogP contribution is -2.44. The lowest BCUT2D eigenvalue weighted by atomic mass is 10.1. The lowest BCUT2D eigenvalue weighted by Gasteiger charge is -2.30. The van der Waals surface area contributed by atoms with Crippen molar-refractivity contribution in [2.24, 2.45) is 5.92 Å². The SMILES string of the molecule is CC(C)CN(CC(C)O)C(CF)CF. The Morgan fingerprint density at radius 1 is 1.07 bits per heavy atom. The zero-order valence-corrected chi connectivity index (χ0v) is 9.21. The molecule has 0 aliphatic carbocycles. The molecule has 0 spiro atoms. The Hall–Kier alpha value is -0.220. The van der Waals surface area contributed by atoms with Crippen molar-refractivity contribution in [2.45, 2.75) is 32.9 Å². The van der Waals surface area contributed by atoms with Crippen LogP contribution >= 0.6 is 0 Å². The summed E-state index contributed by atoms with van der Waals surface area (Å²) in [7, 11) is 0. The van der Waals surface area contributed by atoms with Crippen LogP contribution in [0.25, 0.3) is 0 Å². The van der Waals surface area contributed by atoms with Gasteiger partial charge in [-0.15, -0.1) is 0 Å². The third kappa shape index (κ3) is 5.50. The minimum atomic E-state index is -0.702. The highest BCUT2D eigenvalue weighted by Gasteiger charge is 2.20. The van der Waals surface area contributed by atoms with Gasteiger partial charge in [-0.05, 0) is 12.8 Å². The van der Waals surface area contributed by atoms with Crippen molar-refractivity contribution in [3.05, 3.63) is 0 Å². The first-order valence-corrected chi connectivity index (χ1v) is 5.05. The Bertz CT molecular complexity index is 128. The number of hydrogen-bond acceptors (Lipinski definition) is 2. The highest BCUT2D eigenvalue weighted by Crippen LogP contribution is 2.07. The fourth-order valence-corrected chi connectivity index (χ4v) is 1.42. The molecule has 14 heavy (non-hydrogen) atoms. The molecule has 0 saturated heterocycles. The molecule has 1 unspecified atom stereocenters. The third-order valence-corrected chi connectivity index (χ3v) is 1.97. The molecular formula is C10H21F2NO. The van der Waals surface area contributed by atoms with Crippen molar-refractivity contribution in [2.75, 3.05) is 26.4 Å². The second-order valence-corrected chi connectivity index (χ2v) is 4.16. The van der Waals surface area contributed by atoms with Gasteiger partial charge in [-0.25, -0.2) is 8.78 Å². The van der Waals surface area contributed by atoms with E-state index in [4.69, 9.17) is 0 Å². The number of hydrogen-bond donors (Lipinski definition) is 1. The van der Waals surface area contributed by atoms with Gasteiger partial charge < -0.3 is 5.11 Å². The Kier molecular flexibility index (Phi) is 7.01. The summed E-state index contributed by atoms with van der Waals surface area (Å²) >= 11 is 0. The molecule has 0 aromatic heterocycles. The van der Waals surface area contributed by atoms with Crippen LogP contribution in [0.2, 0.25) is 0 Å². The molecular weight excluding hydrogens is 188 g/mol. The van der Waals surface area contributed by atoms with Crippen molar-refractivity contribution < 1.29 is 13.9 Å². The van der Waals surface area contributed by atoms with E-state index in [9.17, 15) is 13.9 Å². The largest absolute Gasteiger partial charge is 0.392 e. The summed E-state index contributed by atoms with van der Waals surface area (Å²) in [6.07, 6.45) is -0.547. The molecule has 0 radical (unpaired) electrons. The number of aliphatic hydroxyl groups excluding tert-OH is 1. The van der Waals surface area contributed by atoms with Gasteiger partial charge in [0.05, 0.1) is 12.1 Å². The predicted octanol–water partition coefficient (Wildman–Crippen LogP) is 1.63. The van der Waals surface area contributed by atoms with E-state index < -0.39 is 25.5 Å². The van der Waals surface area contributed by atoms with E-state index in [1.165, 1.54) is 0 Å². The fraction of sp³-hybridized carbons (Fsp3) is 1.00. The number of nitrogens with zero attached hydrogens (tertiary/aromatic N) is 1. The van der Waals surface area contributed by atoms with Gasteiger partial charge >= 0.3 is 0 Å². The van der Waals surface area contributed by atoms with Gasteiger partial charge in [-0.3, -0.25) is 4.90 Å². The first kappa shape index (κ1) is 13.8. The Balaban J connectivity index is 4.20. The van der Waals surface area contributed by atoms with Gasteiger partial charge in [0, 0.05) is 13.1 Å². The standard InChI is InChI=1S/C10H21F2NO/c1-8(2)6-13(7-9(3)14)10(4-11)5-12/h8-10,14H,4-7H2,1-3H3. The van der Waals surface area contributed by atoms with Gasteiger partial charge in [0.2, 0.25) is 0 Å². The average molecular weight is 209 g/mol. The summed E-state index contributed by atoms with van der Waals surface area (Å²) in [6.45, 7) is 5.15. The normalized spacial score (nSPS) is 14.4. The Morgan fingerprint density at radius 3 is 1.86 bits per heavy atom. The number of alkyl halides is 2. The smallest absolute Gasteiger partial charge is 0.107 e. The molecule has 0 amide bonds. The maximum absolute atomic E-state index is 12.4. The molecule has 2 nitrogen and oxygen atoms in total. The summed E-state index contributed by atoms with van der Waals surface area (Å²) in [5, 5.41) is 9.19. The predicted molar refractivity (Wildman–Crippen MR) is 53.8 cm³/mol. The Morgan fingerprint density at radius 2 is 1.57 bits per heavy atom. The summed E-state index contributed by atoms with van der Waals surface area (Å²) in [5.41, 5.74) is 0. The van der Waals surface area contributed by atoms with Crippen LogP contribution < -0.4 is 0 Å². The summed E-state index contributed by atoms with van der Waals surface area (Å²) in [5.74, 6) is 0.342. The maximum Gasteiger partial charge on any atom is 0.107 e. The minimum absolute atomic E-state index is 0.330. The zero-order valence-electron chi connectivity index (χ0n) is 9.21. The molecule has 0 aliphatic rings. The Labute approximate surface area is 84.9 Å². The third-order valence-electron chi connectivity index (χ3n) is 1.97. The van der Waals surface area contributed by atoms with Crippen molar-refractivity contribution in [1.82, 2.24) is 4.90 Å². The number of aliphatic hydroxyl groups is 1. The second-order valence-electron chi connectivity index (χ2n) is 4.16. The highest BCUT2D eigenvalue weighted by molar-refractivity contribution is 4.73. The van der Waals surface area contributed by atoms with E-state index in [0.29, 0.717) is 19.0 Å². The van der Waals surface area contributed by atoms with Crippen LogP contribution in [0, 0.1) is 5.92 Å². The van der Waals surface area contributed by atoms with Crippen LogP contribution in [0.5, 0.6) is 0 Å². The van der Waals surface area contributed by atoms with Crippen LogP contribution in [0.4, 0.5) is 8.78 Å². The molecule has 1 N–H and O–H groups in total. The zero-order chi connectivity index (χ0) is 11.1. The van der Waals surface area contributed by atoms with Crippen molar-refractivity contribution in [3.63, 3.8) is 0 Å². The first-order valence-electron chi connectivity index (χ1n) is 5.05. The van der Waals surface area contributed by atoms with Crippen LogP contribution in [-0.4, -0.2) is 48.6 Å². The lowest BCUT2D eigenvalue weighted by molar-refractivity contribution is 0.0676. The van der Waals surface area contributed by atoms with E-state index in [2.05, 4.69) is 0 Å². The van der Waals surface area contributed by atoms with Gasteiger partial charge in [-0.1, -0.05) is 13.8 Å². The number of halogens is 2. The molecule has 0 heterocycles. The molecule has 0 aromatic carbocycles. The van der Waals surface area contributed by atoms with Gasteiger partial charge in [0.25, 0.3) is 0 Å². The maximum atomic E-state index is 12.4. The van der Waals surface area contributed by atoms with E-state index >= 15 is 0 Å².